The van der Waals surface area contributed by atoms with Gasteiger partial charge in [0, 0.05) is 42.6 Å². The summed E-state index contributed by atoms with van der Waals surface area (Å²) in [6.45, 7) is 3.62. The van der Waals surface area contributed by atoms with Crippen molar-refractivity contribution in [2.45, 2.75) is 50.1 Å². The maximum atomic E-state index is 12.9. The van der Waals surface area contributed by atoms with E-state index in [4.69, 9.17) is 0 Å². The van der Waals surface area contributed by atoms with Gasteiger partial charge in [-0.3, -0.25) is 14.6 Å². The first-order valence-corrected chi connectivity index (χ1v) is 11.5. The smallest absolute Gasteiger partial charge is 0.225 e. The first kappa shape index (κ1) is 21.4. The van der Waals surface area contributed by atoms with Gasteiger partial charge in [0.1, 0.15) is 0 Å². The van der Waals surface area contributed by atoms with Gasteiger partial charge < -0.3 is 10.0 Å². The molecule has 162 valence electrons. The summed E-state index contributed by atoms with van der Waals surface area (Å²) in [6.07, 6.45) is 5.46. The molecule has 2 heterocycles. The van der Waals surface area contributed by atoms with Crippen LogP contribution in [0.5, 0.6) is 0 Å². The van der Waals surface area contributed by atoms with Crippen molar-refractivity contribution in [3.8, 4) is 11.8 Å². The molecule has 5 heteroatoms. The van der Waals surface area contributed by atoms with Crippen molar-refractivity contribution in [2.24, 2.45) is 5.92 Å². The Morgan fingerprint density at radius 3 is 2.50 bits per heavy atom. The highest BCUT2D eigenvalue weighted by molar-refractivity contribution is 5.79. The molecule has 1 aliphatic carbocycles. The minimum absolute atomic E-state index is 0.152. The monoisotopic (exact) mass is 409 g/mol. The number of nitrogens with zero attached hydrogens (tertiary/aromatic N) is 3. The lowest BCUT2D eigenvalue weighted by atomic mass is 9.74. The Kier molecular flexibility index (Phi) is 6.77. The Morgan fingerprint density at radius 2 is 1.87 bits per heavy atom. The summed E-state index contributed by atoms with van der Waals surface area (Å²) in [5, 5.41) is 10.1. The van der Waals surface area contributed by atoms with Crippen LogP contribution >= 0.6 is 0 Å². The van der Waals surface area contributed by atoms with E-state index in [2.05, 4.69) is 50.8 Å². The quantitative estimate of drug-likeness (QED) is 0.774. The second-order valence-corrected chi connectivity index (χ2v) is 9.36. The average Bonchev–Trinajstić information content (AvgIpc) is 2.66. The highest BCUT2D eigenvalue weighted by Crippen LogP contribution is 2.42. The molecule has 1 aromatic rings. The molecule has 1 saturated carbocycles. The summed E-state index contributed by atoms with van der Waals surface area (Å²) >= 11 is 0. The maximum absolute atomic E-state index is 12.9. The Balaban J connectivity index is 1.49. The summed E-state index contributed by atoms with van der Waals surface area (Å²) in [7, 11) is 4.03. The van der Waals surface area contributed by atoms with Gasteiger partial charge in [0.05, 0.1) is 13.2 Å². The SMILES string of the molecule is CN(C)CC#Cc1ccc([C@H]2[C@H](CO)N3CCCCN(C(=O)C4CCC4)C[C@@H]23)cc1. The third-order valence-corrected chi connectivity index (χ3v) is 7.06. The molecule has 0 bridgehead atoms. The number of amides is 1. The van der Waals surface area contributed by atoms with Crippen molar-refractivity contribution in [2.75, 3.05) is 46.9 Å². The first-order chi connectivity index (χ1) is 14.6. The van der Waals surface area contributed by atoms with Crippen LogP contribution in [0.4, 0.5) is 0 Å². The predicted octanol–water partition coefficient (Wildman–Crippen LogP) is 2.15. The summed E-state index contributed by atoms with van der Waals surface area (Å²) < 4.78 is 0. The van der Waals surface area contributed by atoms with Crippen molar-refractivity contribution in [3.05, 3.63) is 35.4 Å². The first-order valence-electron chi connectivity index (χ1n) is 11.5. The van der Waals surface area contributed by atoms with Crippen LogP contribution < -0.4 is 0 Å². The van der Waals surface area contributed by atoms with Crippen LogP contribution in [0, 0.1) is 17.8 Å². The zero-order chi connectivity index (χ0) is 21.1. The number of fused-ring (bicyclic) bond motifs is 1. The van der Waals surface area contributed by atoms with Crippen molar-refractivity contribution in [3.63, 3.8) is 0 Å². The van der Waals surface area contributed by atoms with Crippen LogP contribution in [0.15, 0.2) is 24.3 Å². The van der Waals surface area contributed by atoms with Gasteiger partial charge in [0.25, 0.3) is 0 Å². The van der Waals surface area contributed by atoms with Crippen LogP contribution in [0.3, 0.4) is 0 Å². The number of benzene rings is 1. The minimum atomic E-state index is 0.152. The molecule has 5 nitrogen and oxygen atoms in total. The molecular formula is C25H35N3O2. The molecule has 0 radical (unpaired) electrons. The third kappa shape index (κ3) is 4.42. The van der Waals surface area contributed by atoms with Crippen molar-refractivity contribution in [1.82, 2.24) is 14.7 Å². The van der Waals surface area contributed by atoms with Gasteiger partial charge in [-0.15, -0.1) is 0 Å². The van der Waals surface area contributed by atoms with E-state index in [9.17, 15) is 9.90 Å². The second kappa shape index (κ2) is 9.51. The second-order valence-electron chi connectivity index (χ2n) is 9.36. The fourth-order valence-electron chi connectivity index (χ4n) is 5.14. The van der Waals surface area contributed by atoms with E-state index >= 15 is 0 Å². The molecule has 30 heavy (non-hydrogen) atoms. The van der Waals surface area contributed by atoms with Gasteiger partial charge in [-0.25, -0.2) is 0 Å². The summed E-state index contributed by atoms with van der Waals surface area (Å²) in [4.78, 5) is 19.6. The minimum Gasteiger partial charge on any atom is -0.395 e. The van der Waals surface area contributed by atoms with E-state index in [0.29, 0.717) is 11.9 Å². The molecule has 0 unspecified atom stereocenters. The van der Waals surface area contributed by atoms with E-state index in [1.165, 1.54) is 12.0 Å². The normalized spacial score (nSPS) is 27.2. The third-order valence-electron chi connectivity index (χ3n) is 7.06. The molecule has 2 saturated heterocycles. The Bertz CT molecular complexity index is 791. The fourth-order valence-corrected chi connectivity index (χ4v) is 5.14. The lowest BCUT2D eigenvalue weighted by Gasteiger charge is -2.57. The number of hydrogen-bond acceptors (Lipinski definition) is 4. The summed E-state index contributed by atoms with van der Waals surface area (Å²) in [5.74, 6) is 7.29. The van der Waals surface area contributed by atoms with Gasteiger partial charge >= 0.3 is 0 Å². The molecule has 1 aromatic carbocycles. The lowest BCUT2D eigenvalue weighted by molar-refractivity contribution is -0.143. The van der Waals surface area contributed by atoms with E-state index in [-0.39, 0.29) is 24.5 Å². The zero-order valence-corrected chi connectivity index (χ0v) is 18.4. The standard InChI is InChI=1S/C25H35N3O2/c1-26(2)14-6-7-19-10-12-20(13-11-19)24-22-17-27(25(30)21-8-5-9-21)15-3-4-16-28(22)23(24)18-29/h10-13,21-24,29H,3-5,8-9,14-18H2,1-2H3/t22-,23-,24+/m0/s1. The molecule has 3 aliphatic rings. The molecule has 3 fully saturated rings. The van der Waals surface area contributed by atoms with Crippen LogP contribution in [0.1, 0.15) is 49.1 Å². The molecule has 0 spiro atoms. The Morgan fingerprint density at radius 1 is 1.13 bits per heavy atom. The topological polar surface area (TPSA) is 47.0 Å². The highest BCUT2D eigenvalue weighted by atomic mass is 16.3. The highest BCUT2D eigenvalue weighted by Gasteiger charge is 2.49. The van der Waals surface area contributed by atoms with E-state index < -0.39 is 0 Å². The largest absolute Gasteiger partial charge is 0.395 e. The van der Waals surface area contributed by atoms with Crippen molar-refractivity contribution < 1.29 is 9.90 Å². The van der Waals surface area contributed by atoms with E-state index in [1.54, 1.807) is 0 Å². The number of carbonyl (C=O) groups excluding carboxylic acids is 1. The fraction of sp³-hybridized carbons (Fsp3) is 0.640. The van der Waals surface area contributed by atoms with Gasteiger partial charge in [-0.05, 0) is 64.0 Å². The molecule has 2 aliphatic heterocycles. The lowest BCUT2D eigenvalue weighted by Crippen LogP contribution is -2.68. The number of rotatable bonds is 4. The average molecular weight is 410 g/mol. The van der Waals surface area contributed by atoms with Crippen molar-refractivity contribution in [1.29, 1.82) is 0 Å². The van der Waals surface area contributed by atoms with Crippen LogP contribution in [0.2, 0.25) is 0 Å². The number of aliphatic hydroxyl groups is 1. The number of hydrogen-bond donors (Lipinski definition) is 1. The Labute approximate surface area is 181 Å². The van der Waals surface area contributed by atoms with Crippen LogP contribution in [0.25, 0.3) is 0 Å². The summed E-state index contributed by atoms with van der Waals surface area (Å²) in [5.41, 5.74) is 2.28. The molecule has 0 aromatic heterocycles. The van der Waals surface area contributed by atoms with Gasteiger partial charge in [-0.1, -0.05) is 30.4 Å². The number of carbonyl (C=O) groups is 1. The van der Waals surface area contributed by atoms with Crippen LogP contribution in [-0.2, 0) is 4.79 Å². The van der Waals surface area contributed by atoms with Crippen molar-refractivity contribution >= 4 is 5.91 Å². The molecule has 4 rings (SSSR count). The predicted molar refractivity (Wildman–Crippen MR) is 119 cm³/mol. The van der Waals surface area contributed by atoms with Gasteiger partial charge in [0.15, 0.2) is 0 Å². The Hall–Kier alpha value is -1.87. The maximum Gasteiger partial charge on any atom is 0.225 e. The van der Waals surface area contributed by atoms with Gasteiger partial charge in [0.2, 0.25) is 5.91 Å². The molecule has 1 N–H and O–H groups in total. The van der Waals surface area contributed by atoms with E-state index in [1.807, 2.05) is 14.1 Å². The van der Waals surface area contributed by atoms with E-state index in [0.717, 1.165) is 57.4 Å². The molecule has 3 atom stereocenters. The summed E-state index contributed by atoms with van der Waals surface area (Å²) in [6, 6.07) is 8.98. The molecular weight excluding hydrogens is 374 g/mol. The zero-order valence-electron chi connectivity index (χ0n) is 18.4. The van der Waals surface area contributed by atoms with Gasteiger partial charge in [-0.2, -0.15) is 0 Å². The molecule has 1 amide bonds. The number of aliphatic hydroxyl groups excluding tert-OH is 1. The van der Waals surface area contributed by atoms with Crippen LogP contribution in [-0.4, -0.2) is 84.7 Å².